The maximum atomic E-state index is 6.34. The van der Waals surface area contributed by atoms with Crippen LogP contribution in [0, 0.1) is 0 Å². The van der Waals surface area contributed by atoms with Crippen LogP contribution in [-0.4, -0.2) is 4.98 Å². The van der Waals surface area contributed by atoms with Gasteiger partial charge in [-0.3, -0.25) is 4.98 Å². The van der Waals surface area contributed by atoms with E-state index in [0.29, 0.717) is 0 Å². The summed E-state index contributed by atoms with van der Waals surface area (Å²) < 4.78 is 18.7. The van der Waals surface area contributed by atoms with Crippen LogP contribution in [0.15, 0.2) is 171 Å². The Morgan fingerprint density at radius 1 is 0.360 bits per heavy atom. The summed E-state index contributed by atoms with van der Waals surface area (Å²) in [6, 6.07) is 52.7. The summed E-state index contributed by atoms with van der Waals surface area (Å²) in [6.45, 7) is 0. The Kier molecular flexibility index (Phi) is 5.60. The molecule has 4 heterocycles. The summed E-state index contributed by atoms with van der Waals surface area (Å²) in [5.41, 5.74) is 11.4. The molecule has 4 aromatic heterocycles. The van der Waals surface area contributed by atoms with E-state index in [4.69, 9.17) is 18.2 Å². The highest BCUT2D eigenvalue weighted by Crippen LogP contribution is 2.42. The Morgan fingerprint density at radius 3 is 1.72 bits per heavy atom. The van der Waals surface area contributed by atoms with Gasteiger partial charge in [0.1, 0.15) is 27.9 Å². The second kappa shape index (κ2) is 10.3. The number of pyridine rings is 1. The predicted molar refractivity (Wildman–Crippen MR) is 204 cm³/mol. The third-order valence-electron chi connectivity index (χ3n) is 9.91. The minimum absolute atomic E-state index is 0.797. The van der Waals surface area contributed by atoms with Crippen molar-refractivity contribution >= 4 is 93.8 Å². The lowest BCUT2D eigenvalue weighted by Gasteiger charge is -2.25. The molecule has 0 atom stereocenters. The largest absolute Gasteiger partial charge is 0.456 e. The molecular weight excluding hydrogens is 617 g/mol. The summed E-state index contributed by atoms with van der Waals surface area (Å²) in [5, 5.41) is 7.66. The first-order valence-electron chi connectivity index (χ1n) is 16.7. The second-order valence-corrected chi connectivity index (χ2v) is 12.8. The molecule has 0 aliphatic heterocycles. The van der Waals surface area contributed by atoms with Gasteiger partial charge in [-0.2, -0.15) is 0 Å². The predicted octanol–water partition coefficient (Wildman–Crippen LogP) is 13.1. The van der Waals surface area contributed by atoms with Gasteiger partial charge in [0.25, 0.3) is 0 Å². The van der Waals surface area contributed by atoms with Gasteiger partial charge in [-0.15, -0.1) is 0 Å². The topological polar surface area (TPSA) is 55.6 Å². The number of hydrogen-bond acceptors (Lipinski definition) is 5. The van der Waals surface area contributed by atoms with Gasteiger partial charge in [-0.1, -0.05) is 72.8 Å². The summed E-state index contributed by atoms with van der Waals surface area (Å²) >= 11 is 0. The summed E-state index contributed by atoms with van der Waals surface area (Å²) in [6.07, 6.45) is 1.83. The van der Waals surface area contributed by atoms with E-state index in [9.17, 15) is 0 Å². The first-order chi connectivity index (χ1) is 24.7. The van der Waals surface area contributed by atoms with E-state index in [0.717, 1.165) is 105 Å². The molecular formula is C45H26N2O3. The van der Waals surface area contributed by atoms with E-state index in [1.54, 1.807) is 0 Å². The number of para-hydroxylation sites is 3. The van der Waals surface area contributed by atoms with Gasteiger partial charge in [-0.05, 0) is 83.9 Å². The van der Waals surface area contributed by atoms with E-state index in [2.05, 4.69) is 120 Å². The normalized spacial score (nSPS) is 12.0. The highest BCUT2D eigenvalue weighted by Gasteiger charge is 2.18. The maximum absolute atomic E-state index is 6.34. The molecule has 0 N–H and O–H groups in total. The lowest BCUT2D eigenvalue weighted by Crippen LogP contribution is -2.09. The average molecular weight is 643 g/mol. The number of benzene rings is 7. The zero-order valence-electron chi connectivity index (χ0n) is 26.6. The zero-order valence-corrected chi connectivity index (χ0v) is 26.6. The molecule has 7 aromatic carbocycles. The number of furan rings is 3. The monoisotopic (exact) mass is 642 g/mol. The molecule has 0 saturated carbocycles. The highest BCUT2D eigenvalue weighted by atomic mass is 16.3. The summed E-state index contributed by atoms with van der Waals surface area (Å²) in [5.74, 6) is 0. The molecule has 11 rings (SSSR count). The Bertz CT molecular complexity index is 3110. The molecule has 0 aliphatic rings. The van der Waals surface area contributed by atoms with E-state index >= 15 is 0 Å². The Balaban J connectivity index is 1.06. The quantitative estimate of drug-likeness (QED) is 0.191. The Labute approximate surface area is 285 Å². The average Bonchev–Trinajstić information content (AvgIpc) is 3.86. The van der Waals surface area contributed by atoms with Crippen LogP contribution < -0.4 is 4.90 Å². The molecule has 0 fully saturated rings. The van der Waals surface area contributed by atoms with Crippen LogP contribution in [0.2, 0.25) is 0 Å². The van der Waals surface area contributed by atoms with Gasteiger partial charge in [0.15, 0.2) is 5.58 Å². The lowest BCUT2D eigenvalue weighted by atomic mass is 10.00. The molecule has 5 heteroatoms. The van der Waals surface area contributed by atoms with Gasteiger partial charge in [0, 0.05) is 60.8 Å². The fraction of sp³-hybridized carbons (Fsp3) is 0. The van der Waals surface area contributed by atoms with Crippen molar-refractivity contribution in [3.8, 4) is 11.1 Å². The highest BCUT2D eigenvalue weighted by molar-refractivity contribution is 6.18. The minimum atomic E-state index is 0.797. The zero-order chi connectivity index (χ0) is 32.8. The van der Waals surface area contributed by atoms with Crippen molar-refractivity contribution in [2.24, 2.45) is 0 Å². The molecule has 0 bridgehead atoms. The molecule has 0 radical (unpaired) electrons. The van der Waals surface area contributed by atoms with Crippen molar-refractivity contribution < 1.29 is 13.3 Å². The van der Waals surface area contributed by atoms with Crippen molar-refractivity contribution in [1.29, 1.82) is 0 Å². The molecule has 50 heavy (non-hydrogen) atoms. The van der Waals surface area contributed by atoms with Gasteiger partial charge in [0.05, 0.1) is 11.7 Å². The SMILES string of the molecule is c1ccc2c(c1)oc1cc(N(c3ccc(-c4ccc5ncc6oc7ccccc7c6c5c4)cc3)c3ccc4oc5ccccc5c4c3)ccc12. The summed E-state index contributed by atoms with van der Waals surface area (Å²) in [4.78, 5) is 6.98. The molecule has 0 aliphatic carbocycles. The number of rotatable bonds is 4. The van der Waals surface area contributed by atoms with Gasteiger partial charge >= 0.3 is 0 Å². The molecule has 234 valence electrons. The number of anilines is 3. The fourth-order valence-corrected chi connectivity index (χ4v) is 7.55. The van der Waals surface area contributed by atoms with E-state index in [1.807, 2.05) is 42.6 Å². The molecule has 0 saturated heterocycles. The lowest BCUT2D eigenvalue weighted by molar-refractivity contribution is 0.667. The van der Waals surface area contributed by atoms with Gasteiger partial charge in [-0.25, -0.2) is 0 Å². The van der Waals surface area contributed by atoms with Crippen LogP contribution in [0.1, 0.15) is 0 Å². The Hall–Kier alpha value is -6.85. The van der Waals surface area contributed by atoms with Crippen LogP contribution >= 0.6 is 0 Å². The first kappa shape index (κ1) is 27.1. The van der Waals surface area contributed by atoms with Crippen LogP contribution in [0.4, 0.5) is 17.1 Å². The van der Waals surface area contributed by atoms with Crippen molar-refractivity contribution in [3.63, 3.8) is 0 Å². The number of fused-ring (bicyclic) bond motifs is 11. The van der Waals surface area contributed by atoms with Crippen molar-refractivity contribution in [2.45, 2.75) is 0 Å². The molecule has 0 amide bonds. The van der Waals surface area contributed by atoms with Crippen molar-refractivity contribution in [3.05, 3.63) is 158 Å². The van der Waals surface area contributed by atoms with E-state index < -0.39 is 0 Å². The molecule has 0 spiro atoms. The standard InChI is InChI=1S/C45H26N2O3/c1-4-10-39-32(7-1)34-20-18-31(25-43(34)49-39)47(30-19-22-42-36(24-30)33-8-2-5-11-40(33)48-42)29-16-13-27(14-17-29)28-15-21-38-37(23-28)45-35-9-3-6-12-41(35)50-44(45)26-46-38/h1-26H. The van der Waals surface area contributed by atoms with Crippen LogP contribution in [0.25, 0.3) is 87.8 Å². The van der Waals surface area contributed by atoms with Gasteiger partial charge < -0.3 is 18.2 Å². The molecule has 5 nitrogen and oxygen atoms in total. The number of hydrogen-bond donors (Lipinski definition) is 0. The van der Waals surface area contributed by atoms with Crippen molar-refractivity contribution in [1.82, 2.24) is 4.98 Å². The molecule has 0 unspecified atom stereocenters. The van der Waals surface area contributed by atoms with Crippen LogP contribution in [-0.2, 0) is 0 Å². The van der Waals surface area contributed by atoms with E-state index in [-0.39, 0.29) is 0 Å². The minimum Gasteiger partial charge on any atom is -0.456 e. The molecule has 11 aromatic rings. The third-order valence-corrected chi connectivity index (χ3v) is 9.91. The first-order valence-corrected chi connectivity index (χ1v) is 16.7. The number of aromatic nitrogens is 1. The van der Waals surface area contributed by atoms with E-state index in [1.165, 1.54) is 0 Å². The smallest absolute Gasteiger partial charge is 0.154 e. The van der Waals surface area contributed by atoms with Crippen LogP contribution in [0.3, 0.4) is 0 Å². The second-order valence-electron chi connectivity index (χ2n) is 12.8. The third kappa shape index (κ3) is 4.04. The van der Waals surface area contributed by atoms with Crippen molar-refractivity contribution in [2.75, 3.05) is 4.90 Å². The fourth-order valence-electron chi connectivity index (χ4n) is 7.55. The summed E-state index contributed by atoms with van der Waals surface area (Å²) in [7, 11) is 0. The number of nitrogens with zero attached hydrogens (tertiary/aromatic N) is 2. The maximum Gasteiger partial charge on any atom is 0.154 e. The Morgan fingerprint density at radius 2 is 0.920 bits per heavy atom. The van der Waals surface area contributed by atoms with Gasteiger partial charge in [0.2, 0.25) is 0 Å². The van der Waals surface area contributed by atoms with Crippen LogP contribution in [0.5, 0.6) is 0 Å².